The fraction of sp³-hybridized carbons (Fsp3) is 0.273. The molecule has 0 atom stereocenters. The monoisotopic (exact) mass is 356 g/mol. The number of hydrogen-bond donors (Lipinski definition) is 0. The molecule has 0 amide bonds. The molecular weight excluding hydrogens is 328 g/mol. The summed E-state index contributed by atoms with van der Waals surface area (Å²) in [6, 6.07) is 7.57. The average Bonchev–Trinajstić information content (AvgIpc) is 2.68. The Morgan fingerprint density at radius 1 is 1.08 bits per heavy atom. The van der Waals surface area contributed by atoms with Crippen molar-refractivity contribution in [1.82, 2.24) is 0 Å². The zero-order chi connectivity index (χ0) is 20.4. The van der Waals surface area contributed by atoms with Crippen molar-refractivity contribution in [3.05, 3.63) is 66.3 Å². The summed E-state index contributed by atoms with van der Waals surface area (Å²) < 4.78 is 9.66. The standard InChI is InChI=1S/C16H18O4.C4H8.C2H2/c1-4-8-12-9-6-7-10-13(12)14(5-2)20-16(18)11-15(17)19-3;1-3-4-2;1-2/h4-7,9-10H,1,8,11H2,2-3H3;3-4H,1-2H3;1-2H/b14-5+;4-3-;. The van der Waals surface area contributed by atoms with Crippen molar-refractivity contribution in [2.75, 3.05) is 7.11 Å². The van der Waals surface area contributed by atoms with E-state index in [9.17, 15) is 9.59 Å². The van der Waals surface area contributed by atoms with Crippen LogP contribution >= 0.6 is 0 Å². The van der Waals surface area contributed by atoms with Crippen LogP contribution in [0.2, 0.25) is 0 Å². The number of methoxy groups -OCH3 is 1. The third kappa shape index (κ3) is 10.7. The van der Waals surface area contributed by atoms with Gasteiger partial charge in [-0.2, -0.15) is 0 Å². The fourth-order valence-corrected chi connectivity index (χ4v) is 1.71. The number of carbonyl (C=O) groups is 2. The Morgan fingerprint density at radius 2 is 1.65 bits per heavy atom. The third-order valence-corrected chi connectivity index (χ3v) is 2.98. The van der Waals surface area contributed by atoms with E-state index in [-0.39, 0.29) is 0 Å². The average molecular weight is 356 g/mol. The highest BCUT2D eigenvalue weighted by atomic mass is 16.5. The predicted octanol–water partition coefficient (Wildman–Crippen LogP) is 4.71. The minimum absolute atomic E-state index is 0.405. The van der Waals surface area contributed by atoms with Gasteiger partial charge in [0.25, 0.3) is 0 Å². The number of ether oxygens (including phenoxy) is 2. The third-order valence-electron chi connectivity index (χ3n) is 2.98. The van der Waals surface area contributed by atoms with Gasteiger partial charge in [-0.3, -0.25) is 9.59 Å². The van der Waals surface area contributed by atoms with Crippen molar-refractivity contribution in [3.8, 4) is 12.8 Å². The molecule has 1 rings (SSSR count). The maximum Gasteiger partial charge on any atom is 0.322 e. The number of carbonyl (C=O) groups excluding carboxylic acids is 2. The molecule has 0 heterocycles. The van der Waals surface area contributed by atoms with Crippen LogP contribution < -0.4 is 0 Å². The molecule has 0 aliphatic carbocycles. The Balaban J connectivity index is 0. The highest BCUT2D eigenvalue weighted by Gasteiger charge is 2.15. The van der Waals surface area contributed by atoms with E-state index in [1.165, 1.54) is 7.11 Å². The zero-order valence-electron chi connectivity index (χ0n) is 16.0. The first-order valence-corrected chi connectivity index (χ1v) is 8.07. The van der Waals surface area contributed by atoms with Gasteiger partial charge in [0.05, 0.1) is 7.11 Å². The summed E-state index contributed by atoms with van der Waals surface area (Å²) >= 11 is 0. The highest BCUT2D eigenvalue weighted by Crippen LogP contribution is 2.21. The lowest BCUT2D eigenvalue weighted by Crippen LogP contribution is -2.12. The first-order chi connectivity index (χ1) is 12.5. The van der Waals surface area contributed by atoms with Crippen molar-refractivity contribution in [2.24, 2.45) is 0 Å². The van der Waals surface area contributed by atoms with E-state index in [2.05, 4.69) is 24.2 Å². The van der Waals surface area contributed by atoms with Crippen LogP contribution in [0, 0.1) is 12.8 Å². The van der Waals surface area contributed by atoms with Gasteiger partial charge in [0.1, 0.15) is 12.2 Å². The number of terminal acetylenes is 1. The fourth-order valence-electron chi connectivity index (χ4n) is 1.71. The minimum atomic E-state index is -0.640. The van der Waals surface area contributed by atoms with Crippen LogP contribution in [0.4, 0.5) is 0 Å². The van der Waals surface area contributed by atoms with Crippen molar-refractivity contribution >= 4 is 17.7 Å². The van der Waals surface area contributed by atoms with Gasteiger partial charge in [-0.05, 0) is 38.8 Å². The maximum atomic E-state index is 11.6. The van der Waals surface area contributed by atoms with E-state index in [0.29, 0.717) is 12.2 Å². The molecule has 0 radical (unpaired) electrons. The molecule has 0 saturated heterocycles. The molecule has 0 N–H and O–H groups in total. The second-order valence-electron chi connectivity index (χ2n) is 4.70. The molecule has 4 nitrogen and oxygen atoms in total. The summed E-state index contributed by atoms with van der Waals surface area (Å²) in [4.78, 5) is 22.7. The minimum Gasteiger partial charge on any atom is -0.469 e. The van der Waals surface area contributed by atoms with E-state index in [4.69, 9.17) is 4.74 Å². The number of hydrogen-bond acceptors (Lipinski definition) is 4. The molecule has 0 fully saturated rings. The van der Waals surface area contributed by atoms with Crippen LogP contribution in [0.15, 0.2) is 55.1 Å². The lowest BCUT2D eigenvalue weighted by molar-refractivity contribution is -0.149. The number of esters is 2. The molecule has 0 aliphatic rings. The van der Waals surface area contributed by atoms with Crippen LogP contribution in [0.1, 0.15) is 38.3 Å². The molecule has 4 heteroatoms. The van der Waals surface area contributed by atoms with Gasteiger partial charge in [-0.25, -0.2) is 0 Å². The second kappa shape index (κ2) is 16.8. The molecule has 0 spiro atoms. The SMILES string of the molecule is C#C.C/C=C\C.C=CCc1ccccc1/C(=C\C)OC(=O)CC(=O)OC. The Labute approximate surface area is 157 Å². The topological polar surface area (TPSA) is 52.6 Å². The van der Waals surface area contributed by atoms with Crippen molar-refractivity contribution < 1.29 is 19.1 Å². The van der Waals surface area contributed by atoms with Gasteiger partial charge in [0.15, 0.2) is 0 Å². The molecule has 26 heavy (non-hydrogen) atoms. The van der Waals surface area contributed by atoms with E-state index in [0.717, 1.165) is 11.1 Å². The molecule has 0 saturated carbocycles. The highest BCUT2D eigenvalue weighted by molar-refractivity contribution is 5.93. The first kappa shape index (κ1) is 25.2. The molecule has 0 unspecified atom stereocenters. The van der Waals surface area contributed by atoms with E-state index in [1.54, 1.807) is 19.1 Å². The summed E-state index contributed by atoms with van der Waals surface area (Å²) in [5.41, 5.74) is 1.81. The smallest absolute Gasteiger partial charge is 0.322 e. The van der Waals surface area contributed by atoms with E-state index in [1.807, 2.05) is 50.3 Å². The lowest BCUT2D eigenvalue weighted by Gasteiger charge is -2.12. The van der Waals surface area contributed by atoms with Crippen LogP contribution in [-0.4, -0.2) is 19.0 Å². The molecule has 0 bridgehead atoms. The first-order valence-electron chi connectivity index (χ1n) is 8.07. The molecule has 140 valence electrons. The quantitative estimate of drug-likeness (QED) is 0.243. The Bertz CT molecular complexity index is 633. The second-order valence-corrected chi connectivity index (χ2v) is 4.70. The van der Waals surface area contributed by atoms with Gasteiger partial charge >= 0.3 is 11.9 Å². The zero-order valence-corrected chi connectivity index (χ0v) is 16.0. The summed E-state index contributed by atoms with van der Waals surface area (Å²) in [5.74, 6) is -0.834. The number of rotatable bonds is 6. The molecule has 0 aliphatic heterocycles. The predicted molar refractivity (Wildman–Crippen MR) is 107 cm³/mol. The number of benzene rings is 1. The van der Waals surface area contributed by atoms with Crippen LogP contribution in [-0.2, 0) is 25.5 Å². The maximum absolute atomic E-state index is 11.6. The Hall–Kier alpha value is -3.06. The Kier molecular flexibility index (Phi) is 16.3. The largest absolute Gasteiger partial charge is 0.469 e. The van der Waals surface area contributed by atoms with E-state index >= 15 is 0 Å². The van der Waals surface area contributed by atoms with Gasteiger partial charge < -0.3 is 9.47 Å². The summed E-state index contributed by atoms with van der Waals surface area (Å²) in [6.07, 6.45) is 15.7. The van der Waals surface area contributed by atoms with Crippen LogP contribution in [0.5, 0.6) is 0 Å². The van der Waals surface area contributed by atoms with E-state index < -0.39 is 18.4 Å². The van der Waals surface area contributed by atoms with Crippen LogP contribution in [0.3, 0.4) is 0 Å². The summed E-state index contributed by atoms with van der Waals surface area (Å²) in [7, 11) is 1.23. The van der Waals surface area contributed by atoms with Gasteiger partial charge in [0.2, 0.25) is 0 Å². The van der Waals surface area contributed by atoms with Gasteiger partial charge in [-0.1, -0.05) is 42.5 Å². The van der Waals surface area contributed by atoms with Crippen molar-refractivity contribution in [3.63, 3.8) is 0 Å². The summed E-state index contributed by atoms with van der Waals surface area (Å²) in [5, 5.41) is 0. The number of allylic oxidation sites excluding steroid dienone is 4. The molecular formula is C22H28O4. The lowest BCUT2D eigenvalue weighted by atomic mass is 10.0. The Morgan fingerprint density at radius 3 is 2.12 bits per heavy atom. The molecule has 1 aromatic carbocycles. The molecule has 0 aromatic heterocycles. The summed E-state index contributed by atoms with van der Waals surface area (Å²) in [6.45, 7) is 9.47. The van der Waals surface area contributed by atoms with Gasteiger partial charge in [0, 0.05) is 5.56 Å². The molecule has 1 aromatic rings. The normalized spacial score (nSPS) is 9.85. The van der Waals surface area contributed by atoms with Crippen LogP contribution in [0.25, 0.3) is 5.76 Å². The van der Waals surface area contributed by atoms with Gasteiger partial charge in [-0.15, -0.1) is 19.4 Å². The van der Waals surface area contributed by atoms with Crippen molar-refractivity contribution in [1.29, 1.82) is 0 Å². The van der Waals surface area contributed by atoms with Crippen molar-refractivity contribution in [2.45, 2.75) is 33.6 Å².